The maximum atomic E-state index is 13.1. The van der Waals surface area contributed by atoms with E-state index in [0.717, 1.165) is 66.6 Å². The van der Waals surface area contributed by atoms with Gasteiger partial charge in [-0.15, -0.1) is 0 Å². The Morgan fingerprint density at radius 2 is 1.71 bits per heavy atom. The van der Waals surface area contributed by atoms with Crippen LogP contribution in [0.5, 0.6) is 5.75 Å². The molecule has 3 aromatic carbocycles. The zero-order valence-electron chi connectivity index (χ0n) is 22.3. The van der Waals surface area contributed by atoms with Crippen molar-refractivity contribution < 1.29 is 19.4 Å². The molecule has 0 bridgehead atoms. The Bertz CT molecular complexity index is 1410. The molecular weight excluding hydrogens is 478 g/mol. The lowest BCUT2D eigenvalue weighted by molar-refractivity contribution is 0.0793. The zero-order valence-corrected chi connectivity index (χ0v) is 22.3. The number of benzene rings is 3. The molecular formula is C31H35N3O4. The molecule has 0 fully saturated rings. The number of rotatable bonds is 11. The maximum absolute atomic E-state index is 13.1. The fourth-order valence-electron chi connectivity index (χ4n) is 4.59. The molecule has 1 amide bonds. The van der Waals surface area contributed by atoms with Crippen molar-refractivity contribution in [3.05, 3.63) is 83.7 Å². The van der Waals surface area contributed by atoms with E-state index in [-0.39, 0.29) is 5.91 Å². The van der Waals surface area contributed by atoms with Gasteiger partial charge in [-0.3, -0.25) is 4.79 Å². The molecule has 0 atom stereocenters. The highest BCUT2D eigenvalue weighted by Crippen LogP contribution is 2.30. The summed E-state index contributed by atoms with van der Waals surface area (Å²) in [6.45, 7) is 5.64. The van der Waals surface area contributed by atoms with Crippen LogP contribution in [0, 0.1) is 0 Å². The highest BCUT2D eigenvalue weighted by molar-refractivity contribution is 5.97. The predicted molar refractivity (Wildman–Crippen MR) is 150 cm³/mol. The number of fused-ring (bicyclic) bond motifs is 1. The van der Waals surface area contributed by atoms with E-state index < -0.39 is 6.16 Å². The molecule has 0 aliphatic heterocycles. The number of carbonyl (C=O) groups is 2. The minimum Gasteiger partial charge on any atom is -0.449 e. The number of aromatic nitrogens is 2. The van der Waals surface area contributed by atoms with E-state index >= 15 is 0 Å². The molecule has 0 radical (unpaired) electrons. The van der Waals surface area contributed by atoms with Crippen LogP contribution in [0.2, 0.25) is 0 Å². The molecule has 7 heteroatoms. The Kier molecular flexibility index (Phi) is 8.79. The second-order valence-corrected chi connectivity index (χ2v) is 9.56. The molecule has 0 aliphatic carbocycles. The zero-order chi connectivity index (χ0) is 27.1. The summed E-state index contributed by atoms with van der Waals surface area (Å²) in [5.74, 6) is 1.33. The van der Waals surface area contributed by atoms with Gasteiger partial charge < -0.3 is 19.3 Å². The number of imidazole rings is 1. The van der Waals surface area contributed by atoms with Crippen LogP contribution in [0.3, 0.4) is 0 Å². The van der Waals surface area contributed by atoms with Crippen molar-refractivity contribution in [2.75, 3.05) is 13.6 Å². The van der Waals surface area contributed by atoms with Gasteiger partial charge >= 0.3 is 6.16 Å². The van der Waals surface area contributed by atoms with E-state index in [2.05, 4.69) is 18.4 Å². The van der Waals surface area contributed by atoms with E-state index in [1.165, 1.54) is 0 Å². The summed E-state index contributed by atoms with van der Waals surface area (Å²) in [5.41, 5.74) is 5.18. The first-order chi connectivity index (χ1) is 18.4. The number of hydrogen-bond donors (Lipinski definition) is 1. The van der Waals surface area contributed by atoms with Gasteiger partial charge in [-0.1, -0.05) is 69.2 Å². The number of carbonyl (C=O) groups excluding carboxylic acids is 1. The van der Waals surface area contributed by atoms with Gasteiger partial charge in [0.1, 0.15) is 11.6 Å². The average Bonchev–Trinajstić information content (AvgIpc) is 3.26. The SMILES string of the molecule is CCCCc1nc2ccc(C(=O)N(C)CCCC)cc2n1Cc1ccc(-c2ccccc2OC(=O)O)cc1. The van der Waals surface area contributed by atoms with Crippen LogP contribution in [0.4, 0.5) is 4.79 Å². The van der Waals surface area contributed by atoms with Crippen molar-refractivity contribution in [1.29, 1.82) is 0 Å². The van der Waals surface area contributed by atoms with Crippen LogP contribution in [0.25, 0.3) is 22.2 Å². The number of para-hydroxylation sites is 1. The monoisotopic (exact) mass is 513 g/mol. The van der Waals surface area contributed by atoms with E-state index in [9.17, 15) is 9.59 Å². The van der Waals surface area contributed by atoms with Gasteiger partial charge in [0.2, 0.25) is 0 Å². The number of amides is 1. The lowest BCUT2D eigenvalue weighted by atomic mass is 10.0. The quantitative estimate of drug-likeness (QED) is 0.172. The molecule has 0 aliphatic rings. The Hall–Kier alpha value is -4.13. The molecule has 7 nitrogen and oxygen atoms in total. The Labute approximate surface area is 223 Å². The lowest BCUT2D eigenvalue weighted by Gasteiger charge is -2.17. The molecule has 0 spiro atoms. The Morgan fingerprint density at radius 1 is 0.974 bits per heavy atom. The van der Waals surface area contributed by atoms with Crippen molar-refractivity contribution in [3.63, 3.8) is 0 Å². The molecule has 1 heterocycles. The molecule has 38 heavy (non-hydrogen) atoms. The minimum absolute atomic E-state index is 0.0230. The standard InChI is InChI=1S/C31H35N3O4/c1-4-6-12-29-32-26-18-17-24(30(35)33(3)19-7-5-2)20-27(26)34(29)21-22-13-15-23(16-14-22)25-10-8-9-11-28(25)38-31(36)37/h8-11,13-18,20H,4-7,12,19,21H2,1-3H3,(H,36,37). The van der Waals surface area contributed by atoms with Crippen LogP contribution in [0.15, 0.2) is 66.7 Å². The number of ether oxygens (including phenoxy) is 1. The summed E-state index contributed by atoms with van der Waals surface area (Å²) in [4.78, 5) is 30.8. The second-order valence-electron chi connectivity index (χ2n) is 9.56. The van der Waals surface area contributed by atoms with E-state index in [0.29, 0.717) is 23.4 Å². The van der Waals surface area contributed by atoms with Gasteiger partial charge in [0.15, 0.2) is 0 Å². The Morgan fingerprint density at radius 3 is 2.42 bits per heavy atom. The normalized spacial score (nSPS) is 11.0. The van der Waals surface area contributed by atoms with E-state index in [1.54, 1.807) is 17.0 Å². The van der Waals surface area contributed by atoms with Crippen molar-refractivity contribution >= 4 is 23.1 Å². The van der Waals surface area contributed by atoms with Gasteiger partial charge in [-0.05, 0) is 48.2 Å². The van der Waals surface area contributed by atoms with Gasteiger partial charge in [-0.2, -0.15) is 0 Å². The fourth-order valence-corrected chi connectivity index (χ4v) is 4.59. The number of unbranched alkanes of at least 4 members (excludes halogenated alkanes) is 2. The van der Waals surface area contributed by atoms with Crippen molar-refractivity contribution in [2.45, 2.75) is 52.5 Å². The summed E-state index contributed by atoms with van der Waals surface area (Å²) in [7, 11) is 1.85. The molecule has 4 aromatic rings. The molecule has 1 N–H and O–H groups in total. The summed E-state index contributed by atoms with van der Waals surface area (Å²) < 4.78 is 7.17. The van der Waals surface area contributed by atoms with Crippen LogP contribution in [-0.4, -0.2) is 45.2 Å². The van der Waals surface area contributed by atoms with Crippen LogP contribution in [-0.2, 0) is 13.0 Å². The second kappa shape index (κ2) is 12.4. The van der Waals surface area contributed by atoms with Crippen LogP contribution in [0.1, 0.15) is 61.3 Å². The van der Waals surface area contributed by atoms with Crippen molar-refractivity contribution in [2.24, 2.45) is 0 Å². The number of aryl methyl sites for hydroxylation is 1. The van der Waals surface area contributed by atoms with Gasteiger partial charge in [0.25, 0.3) is 5.91 Å². The summed E-state index contributed by atoms with van der Waals surface area (Å²) in [6, 6.07) is 20.9. The van der Waals surface area contributed by atoms with Gasteiger partial charge in [0, 0.05) is 37.7 Å². The van der Waals surface area contributed by atoms with Gasteiger partial charge in [0.05, 0.1) is 11.0 Å². The Balaban J connectivity index is 1.65. The first-order valence-electron chi connectivity index (χ1n) is 13.2. The molecule has 4 rings (SSSR count). The molecule has 198 valence electrons. The van der Waals surface area contributed by atoms with Crippen molar-refractivity contribution in [1.82, 2.24) is 14.5 Å². The highest BCUT2D eigenvalue weighted by Gasteiger charge is 2.17. The maximum Gasteiger partial charge on any atom is 0.511 e. The van der Waals surface area contributed by atoms with Gasteiger partial charge in [-0.25, -0.2) is 9.78 Å². The topological polar surface area (TPSA) is 84.7 Å². The van der Waals surface area contributed by atoms with E-state index in [4.69, 9.17) is 14.8 Å². The summed E-state index contributed by atoms with van der Waals surface area (Å²) in [5, 5.41) is 9.07. The third kappa shape index (κ3) is 6.22. The third-order valence-electron chi connectivity index (χ3n) is 6.71. The first kappa shape index (κ1) is 26.9. The predicted octanol–water partition coefficient (Wildman–Crippen LogP) is 7.02. The molecule has 0 saturated heterocycles. The third-order valence-corrected chi connectivity index (χ3v) is 6.71. The largest absolute Gasteiger partial charge is 0.511 e. The minimum atomic E-state index is -1.34. The molecule has 1 aromatic heterocycles. The number of hydrogen-bond acceptors (Lipinski definition) is 4. The smallest absolute Gasteiger partial charge is 0.449 e. The summed E-state index contributed by atoms with van der Waals surface area (Å²) >= 11 is 0. The fraction of sp³-hybridized carbons (Fsp3) is 0.323. The number of carboxylic acid groups (broad SMARTS) is 1. The van der Waals surface area contributed by atoms with Crippen LogP contribution >= 0.6 is 0 Å². The van der Waals surface area contributed by atoms with E-state index in [1.807, 2.05) is 61.6 Å². The lowest BCUT2D eigenvalue weighted by Crippen LogP contribution is -2.27. The number of nitrogens with zero attached hydrogens (tertiary/aromatic N) is 3. The van der Waals surface area contributed by atoms with Crippen molar-refractivity contribution in [3.8, 4) is 16.9 Å². The molecule has 0 saturated carbocycles. The highest BCUT2D eigenvalue weighted by atomic mass is 16.7. The summed E-state index contributed by atoms with van der Waals surface area (Å²) in [6.07, 6.45) is 3.65. The van der Waals surface area contributed by atoms with Crippen LogP contribution < -0.4 is 4.74 Å². The first-order valence-corrected chi connectivity index (χ1v) is 13.2. The average molecular weight is 514 g/mol. The molecule has 0 unspecified atom stereocenters.